The molecule has 144 valence electrons. The minimum atomic E-state index is -0.921. The molecule has 0 bridgehead atoms. The smallest absolute Gasteiger partial charge is 0.295 e. The van der Waals surface area contributed by atoms with E-state index in [0.717, 1.165) is 6.07 Å². The molecule has 1 fully saturated rings. The molecular weight excluding hydrogens is 366 g/mol. The van der Waals surface area contributed by atoms with Crippen LogP contribution in [0.25, 0.3) is 5.76 Å². The van der Waals surface area contributed by atoms with Crippen molar-refractivity contribution in [1.29, 1.82) is 0 Å². The van der Waals surface area contributed by atoms with Crippen LogP contribution >= 0.6 is 0 Å². The molecule has 1 N–H and O–H groups in total. The summed E-state index contributed by atoms with van der Waals surface area (Å²) in [7, 11) is 1.47. The summed E-state index contributed by atoms with van der Waals surface area (Å²) in [6.45, 7) is 0.307. The second kappa shape index (κ2) is 7.97. The monoisotopic (exact) mass is 383 g/mol. The Labute approximate surface area is 160 Å². The molecule has 1 amide bonds. The number of methoxy groups -OCH3 is 1. The Balaban J connectivity index is 2.16. The van der Waals surface area contributed by atoms with Crippen LogP contribution in [0, 0.1) is 10.1 Å². The number of ether oxygens (including phenoxy) is 1. The Hall–Kier alpha value is -3.59. The van der Waals surface area contributed by atoms with E-state index in [1.165, 1.54) is 36.4 Å². The summed E-state index contributed by atoms with van der Waals surface area (Å²) < 4.78 is 5.01. The summed E-state index contributed by atoms with van der Waals surface area (Å²) in [5.41, 5.74) is 0.0528. The molecule has 1 aliphatic heterocycles. The summed E-state index contributed by atoms with van der Waals surface area (Å²) in [6, 6.07) is 9.34. The van der Waals surface area contributed by atoms with E-state index in [0.29, 0.717) is 5.69 Å². The van der Waals surface area contributed by atoms with Gasteiger partial charge in [-0.15, -0.1) is 0 Å². The number of hydrogen-bond donors (Lipinski definition) is 1. The van der Waals surface area contributed by atoms with Crippen LogP contribution in [0.15, 0.2) is 54.2 Å². The lowest BCUT2D eigenvalue weighted by Gasteiger charge is -2.24. The number of nitro groups is 1. The van der Waals surface area contributed by atoms with E-state index in [1.54, 1.807) is 18.2 Å². The van der Waals surface area contributed by atoms with Gasteiger partial charge in [0, 0.05) is 37.5 Å². The molecule has 1 aromatic carbocycles. The number of likely N-dealkylation sites (tertiary alicyclic amines) is 1. The number of Topliss-reactive ketones (excluding diaryl/α,β-unsaturated/α-hetero) is 1. The zero-order valence-electron chi connectivity index (χ0n) is 14.9. The predicted molar refractivity (Wildman–Crippen MR) is 98.2 cm³/mol. The van der Waals surface area contributed by atoms with Gasteiger partial charge < -0.3 is 14.7 Å². The zero-order chi connectivity index (χ0) is 20.3. The van der Waals surface area contributed by atoms with Crippen molar-refractivity contribution in [3.05, 3.63) is 75.6 Å². The molecule has 0 aliphatic carbocycles. The van der Waals surface area contributed by atoms with Crippen molar-refractivity contribution < 1.29 is 24.4 Å². The lowest BCUT2D eigenvalue weighted by atomic mass is 9.98. The van der Waals surface area contributed by atoms with Gasteiger partial charge in [-0.1, -0.05) is 18.2 Å². The van der Waals surface area contributed by atoms with Gasteiger partial charge in [0.05, 0.1) is 22.8 Å². The average molecular weight is 383 g/mol. The van der Waals surface area contributed by atoms with Crippen molar-refractivity contribution in [3.63, 3.8) is 0 Å². The second-order valence-electron chi connectivity index (χ2n) is 6.05. The summed E-state index contributed by atoms with van der Waals surface area (Å²) in [5, 5.41) is 21.8. The molecule has 0 spiro atoms. The number of nitro benzene ring substituents is 1. The predicted octanol–water partition coefficient (Wildman–Crippen LogP) is 2.06. The number of aromatic nitrogens is 1. The molecule has 1 unspecified atom stereocenters. The molecule has 3 rings (SSSR count). The van der Waals surface area contributed by atoms with Crippen LogP contribution in [0.5, 0.6) is 0 Å². The number of rotatable bonds is 6. The maximum absolute atomic E-state index is 12.7. The van der Waals surface area contributed by atoms with Crippen molar-refractivity contribution in [2.45, 2.75) is 6.04 Å². The number of benzene rings is 1. The Morgan fingerprint density at radius 3 is 2.71 bits per heavy atom. The lowest BCUT2D eigenvalue weighted by molar-refractivity contribution is -0.384. The number of non-ortho nitro benzene ring substituents is 1. The van der Waals surface area contributed by atoms with E-state index >= 15 is 0 Å². The first-order valence-electron chi connectivity index (χ1n) is 8.38. The summed E-state index contributed by atoms with van der Waals surface area (Å²) in [5.74, 6) is -2.16. The van der Waals surface area contributed by atoms with Gasteiger partial charge in [0.2, 0.25) is 0 Å². The molecule has 9 nitrogen and oxygen atoms in total. The van der Waals surface area contributed by atoms with E-state index < -0.39 is 28.4 Å². The quantitative estimate of drug-likeness (QED) is 0.266. The van der Waals surface area contributed by atoms with E-state index in [4.69, 9.17) is 4.74 Å². The average Bonchev–Trinajstić information content (AvgIpc) is 2.97. The first-order chi connectivity index (χ1) is 13.5. The molecule has 1 aromatic heterocycles. The molecule has 9 heteroatoms. The first kappa shape index (κ1) is 19.2. The molecule has 1 saturated heterocycles. The van der Waals surface area contributed by atoms with Crippen molar-refractivity contribution >= 4 is 23.1 Å². The number of nitrogens with zero attached hydrogens (tertiary/aromatic N) is 3. The van der Waals surface area contributed by atoms with Crippen LogP contribution in [0.1, 0.15) is 17.3 Å². The van der Waals surface area contributed by atoms with Crippen LogP contribution in [-0.4, -0.2) is 51.9 Å². The van der Waals surface area contributed by atoms with Gasteiger partial charge in [-0.3, -0.25) is 24.7 Å². The number of ketones is 1. The highest BCUT2D eigenvalue weighted by molar-refractivity contribution is 6.46. The van der Waals surface area contributed by atoms with E-state index in [-0.39, 0.29) is 30.0 Å². The fourth-order valence-electron chi connectivity index (χ4n) is 3.07. The third-order valence-electron chi connectivity index (χ3n) is 4.37. The number of hydrogen-bond acceptors (Lipinski definition) is 7. The zero-order valence-corrected chi connectivity index (χ0v) is 14.9. The van der Waals surface area contributed by atoms with Crippen LogP contribution in [0.2, 0.25) is 0 Å². The first-order valence-corrected chi connectivity index (χ1v) is 8.38. The molecule has 2 aromatic rings. The number of pyridine rings is 1. The molecule has 28 heavy (non-hydrogen) atoms. The molecule has 0 saturated carbocycles. The Morgan fingerprint density at radius 2 is 2.07 bits per heavy atom. The topological polar surface area (TPSA) is 123 Å². The molecule has 1 atom stereocenters. The SMILES string of the molecule is COCCN1C(=O)C(=O)/C(=C(\O)c2cccc([N+](=O)[O-])c2)C1c1ccccn1. The molecule has 2 heterocycles. The fraction of sp³-hybridized carbons (Fsp3) is 0.211. The van der Waals surface area contributed by atoms with E-state index in [1.807, 2.05) is 0 Å². The van der Waals surface area contributed by atoms with E-state index in [2.05, 4.69) is 4.98 Å². The van der Waals surface area contributed by atoms with E-state index in [9.17, 15) is 24.8 Å². The Bertz CT molecular complexity index is 957. The van der Waals surface area contributed by atoms with Crippen molar-refractivity contribution in [3.8, 4) is 0 Å². The van der Waals surface area contributed by atoms with Gasteiger partial charge in [-0.2, -0.15) is 0 Å². The van der Waals surface area contributed by atoms with Crippen molar-refractivity contribution in [2.75, 3.05) is 20.3 Å². The number of amides is 1. The minimum Gasteiger partial charge on any atom is -0.507 e. The summed E-state index contributed by atoms with van der Waals surface area (Å²) in [4.78, 5) is 41.2. The normalized spacial score (nSPS) is 18.5. The standard InChI is InChI=1S/C19H17N3O6/c1-28-10-9-21-16(14-7-2-3-8-20-14)15(18(24)19(21)25)17(23)12-5-4-6-13(11-12)22(26)27/h2-8,11,16,23H,9-10H2,1H3/b17-15-. The highest BCUT2D eigenvalue weighted by atomic mass is 16.6. The second-order valence-corrected chi connectivity index (χ2v) is 6.05. The van der Waals surface area contributed by atoms with Gasteiger partial charge >= 0.3 is 0 Å². The minimum absolute atomic E-state index is 0.0693. The van der Waals surface area contributed by atoms with Gasteiger partial charge in [-0.25, -0.2) is 0 Å². The van der Waals surface area contributed by atoms with Crippen LogP contribution in [0.3, 0.4) is 0 Å². The summed E-state index contributed by atoms with van der Waals surface area (Å²) >= 11 is 0. The molecule has 1 aliphatic rings. The van der Waals surface area contributed by atoms with Crippen LogP contribution in [0.4, 0.5) is 5.69 Å². The van der Waals surface area contributed by atoms with Crippen molar-refractivity contribution in [2.24, 2.45) is 0 Å². The van der Waals surface area contributed by atoms with Crippen LogP contribution < -0.4 is 0 Å². The maximum Gasteiger partial charge on any atom is 0.295 e. The van der Waals surface area contributed by atoms with Gasteiger partial charge in [0.25, 0.3) is 17.4 Å². The summed E-state index contributed by atoms with van der Waals surface area (Å²) in [6.07, 6.45) is 1.51. The number of aliphatic hydroxyl groups is 1. The van der Waals surface area contributed by atoms with Gasteiger partial charge in [0.1, 0.15) is 11.8 Å². The van der Waals surface area contributed by atoms with Crippen LogP contribution in [-0.2, 0) is 14.3 Å². The third-order valence-corrected chi connectivity index (χ3v) is 4.37. The lowest BCUT2D eigenvalue weighted by Crippen LogP contribution is -2.33. The van der Waals surface area contributed by atoms with Crippen molar-refractivity contribution in [1.82, 2.24) is 9.88 Å². The number of aliphatic hydroxyl groups excluding tert-OH is 1. The number of carbonyl (C=O) groups excluding carboxylic acids is 2. The van der Waals surface area contributed by atoms with Gasteiger partial charge in [-0.05, 0) is 12.1 Å². The Morgan fingerprint density at radius 1 is 1.29 bits per heavy atom. The van der Waals surface area contributed by atoms with Gasteiger partial charge in [0.15, 0.2) is 0 Å². The Kier molecular flexibility index (Phi) is 5.46. The fourth-order valence-corrected chi connectivity index (χ4v) is 3.07. The molecular formula is C19H17N3O6. The number of carbonyl (C=O) groups is 2. The molecule has 0 radical (unpaired) electrons. The largest absolute Gasteiger partial charge is 0.507 e. The maximum atomic E-state index is 12.7. The third kappa shape index (κ3) is 3.47. The highest BCUT2D eigenvalue weighted by Crippen LogP contribution is 2.38. The highest BCUT2D eigenvalue weighted by Gasteiger charge is 2.46.